The molecule has 0 aromatic heterocycles. The fraction of sp³-hybridized carbons (Fsp3) is 0.462. The number of halogens is 3. The molecule has 1 unspecified atom stereocenters. The van der Waals surface area contributed by atoms with Crippen LogP contribution in [-0.4, -0.2) is 29.6 Å². The van der Waals surface area contributed by atoms with Crippen molar-refractivity contribution in [3.05, 3.63) is 29.3 Å². The molecule has 2 rings (SSSR count). The second kappa shape index (κ2) is 4.66. The van der Waals surface area contributed by atoms with E-state index >= 15 is 0 Å². The first kappa shape index (κ1) is 14.6. The summed E-state index contributed by atoms with van der Waals surface area (Å²) in [5.74, 6) is -0.614. The lowest BCUT2D eigenvalue weighted by molar-refractivity contribution is -0.137. The summed E-state index contributed by atoms with van der Waals surface area (Å²) < 4.78 is 39.0. The van der Waals surface area contributed by atoms with Crippen LogP contribution in [0.25, 0.3) is 0 Å². The molecule has 1 aliphatic rings. The third-order valence-corrected chi connectivity index (χ3v) is 3.42. The zero-order valence-electron chi connectivity index (χ0n) is 11.0. The van der Waals surface area contributed by atoms with E-state index in [2.05, 4.69) is 0 Å². The number of benzene rings is 1. The number of nitrogen functional groups attached to an aromatic ring is 1. The molecule has 1 aromatic carbocycles. The topological polar surface area (TPSA) is 73.3 Å². The molecule has 0 spiro atoms. The first-order chi connectivity index (χ1) is 9.10. The molecule has 110 valence electrons. The summed E-state index contributed by atoms with van der Waals surface area (Å²) in [6.07, 6.45) is -4.07. The number of alkyl halides is 3. The third-order valence-electron chi connectivity index (χ3n) is 3.42. The Bertz CT molecular complexity index is 540. The van der Waals surface area contributed by atoms with E-state index in [1.165, 1.54) is 12.1 Å². The summed E-state index contributed by atoms with van der Waals surface area (Å²) in [4.78, 5) is 1.69. The summed E-state index contributed by atoms with van der Waals surface area (Å²) in [5.41, 5.74) is 3.42. The number of nitrogens with two attached hydrogens (primary N) is 1. The molecule has 7 heteroatoms. The van der Waals surface area contributed by atoms with Crippen LogP contribution < -0.4 is 10.6 Å². The smallest absolute Gasteiger partial charge is 0.388 e. The van der Waals surface area contributed by atoms with Gasteiger partial charge in [0.05, 0.1) is 11.2 Å². The Labute approximate surface area is 114 Å². The number of nitrogens with zero attached hydrogens (tertiary/aromatic N) is 1. The minimum Gasteiger partial charge on any atom is -0.388 e. The van der Waals surface area contributed by atoms with Crippen LogP contribution in [0.2, 0.25) is 0 Å². The van der Waals surface area contributed by atoms with Crippen molar-refractivity contribution in [2.45, 2.75) is 25.1 Å². The molecule has 1 atom stereocenters. The van der Waals surface area contributed by atoms with Crippen LogP contribution in [0.5, 0.6) is 0 Å². The van der Waals surface area contributed by atoms with Crippen LogP contribution in [0, 0.1) is 5.41 Å². The minimum atomic E-state index is -4.57. The van der Waals surface area contributed by atoms with Gasteiger partial charge in [0.2, 0.25) is 0 Å². The largest absolute Gasteiger partial charge is 0.417 e. The maximum Gasteiger partial charge on any atom is 0.417 e. The third kappa shape index (κ3) is 2.87. The summed E-state index contributed by atoms with van der Waals surface area (Å²) in [6.45, 7) is 2.43. The lowest BCUT2D eigenvalue weighted by atomic mass is 10.0. The molecule has 1 heterocycles. The molecular weight excluding hydrogens is 271 g/mol. The van der Waals surface area contributed by atoms with Gasteiger partial charge in [0.15, 0.2) is 0 Å². The van der Waals surface area contributed by atoms with Gasteiger partial charge in [-0.15, -0.1) is 0 Å². The standard InChI is InChI=1S/C13H16F3N3O/c1-12(20)4-5-19(7-12)8-2-3-9(11(17)18)10(6-8)13(14,15)16/h2-3,6,20H,4-5,7H2,1H3,(H3,17,18). The number of anilines is 1. The predicted octanol–water partition coefficient (Wildman–Crippen LogP) is 1.95. The zero-order chi connectivity index (χ0) is 15.1. The van der Waals surface area contributed by atoms with Crippen molar-refractivity contribution < 1.29 is 18.3 Å². The molecule has 0 amide bonds. The van der Waals surface area contributed by atoms with Crippen LogP contribution in [0.1, 0.15) is 24.5 Å². The summed E-state index contributed by atoms with van der Waals surface area (Å²) >= 11 is 0. The van der Waals surface area contributed by atoms with Crippen molar-refractivity contribution in [2.75, 3.05) is 18.0 Å². The van der Waals surface area contributed by atoms with Gasteiger partial charge in [-0.1, -0.05) is 0 Å². The van der Waals surface area contributed by atoms with Gasteiger partial charge in [0, 0.05) is 24.3 Å². The Morgan fingerprint density at radius 1 is 1.45 bits per heavy atom. The summed E-state index contributed by atoms with van der Waals surface area (Å²) in [7, 11) is 0. The minimum absolute atomic E-state index is 0.281. The van der Waals surface area contributed by atoms with E-state index < -0.39 is 23.2 Å². The highest BCUT2D eigenvalue weighted by molar-refractivity contribution is 5.97. The Morgan fingerprint density at radius 2 is 2.10 bits per heavy atom. The molecule has 4 nitrogen and oxygen atoms in total. The molecule has 1 saturated heterocycles. The van der Waals surface area contributed by atoms with Crippen LogP contribution in [0.3, 0.4) is 0 Å². The Morgan fingerprint density at radius 3 is 2.55 bits per heavy atom. The maximum atomic E-state index is 13.0. The van der Waals surface area contributed by atoms with Crippen molar-refractivity contribution in [3.8, 4) is 0 Å². The fourth-order valence-corrected chi connectivity index (χ4v) is 2.36. The number of rotatable bonds is 2. The molecule has 4 N–H and O–H groups in total. The van der Waals surface area contributed by atoms with Crippen LogP contribution in [0.15, 0.2) is 18.2 Å². The van der Waals surface area contributed by atoms with Gasteiger partial charge in [-0.25, -0.2) is 0 Å². The molecule has 20 heavy (non-hydrogen) atoms. The molecule has 1 fully saturated rings. The fourth-order valence-electron chi connectivity index (χ4n) is 2.36. The predicted molar refractivity (Wildman–Crippen MR) is 69.9 cm³/mol. The lowest BCUT2D eigenvalue weighted by Crippen LogP contribution is -2.30. The van der Waals surface area contributed by atoms with Gasteiger partial charge in [0.25, 0.3) is 0 Å². The normalized spacial score (nSPS) is 23.1. The van der Waals surface area contributed by atoms with E-state index in [0.717, 1.165) is 6.07 Å². The number of aliphatic hydroxyl groups is 1. The average molecular weight is 287 g/mol. The second-order valence-electron chi connectivity index (χ2n) is 5.31. The van der Waals surface area contributed by atoms with Gasteiger partial charge in [-0.2, -0.15) is 13.2 Å². The van der Waals surface area contributed by atoms with Gasteiger partial charge in [0.1, 0.15) is 5.84 Å². The van der Waals surface area contributed by atoms with Gasteiger partial charge < -0.3 is 15.7 Å². The lowest BCUT2D eigenvalue weighted by Gasteiger charge is -2.22. The van der Waals surface area contributed by atoms with Crippen LogP contribution >= 0.6 is 0 Å². The number of hydrogen-bond acceptors (Lipinski definition) is 3. The Kier molecular flexibility index (Phi) is 3.41. The Hall–Kier alpha value is -1.76. The molecule has 0 bridgehead atoms. The molecule has 0 radical (unpaired) electrons. The number of hydrogen-bond donors (Lipinski definition) is 3. The molecular formula is C13H16F3N3O. The van der Waals surface area contributed by atoms with E-state index in [9.17, 15) is 18.3 Å². The second-order valence-corrected chi connectivity index (χ2v) is 5.31. The van der Waals surface area contributed by atoms with Crippen molar-refractivity contribution in [2.24, 2.45) is 5.73 Å². The highest BCUT2D eigenvalue weighted by Crippen LogP contribution is 2.36. The first-order valence-electron chi connectivity index (χ1n) is 6.13. The van der Waals surface area contributed by atoms with Crippen molar-refractivity contribution >= 4 is 11.5 Å². The average Bonchev–Trinajstić information content (AvgIpc) is 2.67. The number of amidine groups is 1. The van der Waals surface area contributed by atoms with Crippen molar-refractivity contribution in [1.82, 2.24) is 0 Å². The van der Waals surface area contributed by atoms with E-state index in [1.807, 2.05) is 0 Å². The zero-order valence-corrected chi connectivity index (χ0v) is 11.0. The SMILES string of the molecule is CC1(O)CCN(c2ccc(C(=N)N)c(C(F)(F)F)c2)C1. The molecule has 1 aliphatic heterocycles. The Balaban J connectivity index is 2.41. The van der Waals surface area contributed by atoms with E-state index in [-0.39, 0.29) is 12.1 Å². The highest BCUT2D eigenvalue weighted by atomic mass is 19.4. The first-order valence-corrected chi connectivity index (χ1v) is 6.13. The molecule has 0 saturated carbocycles. The molecule has 0 aliphatic carbocycles. The van der Waals surface area contributed by atoms with Crippen molar-refractivity contribution in [3.63, 3.8) is 0 Å². The summed E-state index contributed by atoms with van der Waals surface area (Å²) in [5, 5.41) is 17.1. The summed E-state index contributed by atoms with van der Waals surface area (Å²) in [6, 6.07) is 3.68. The number of nitrogens with one attached hydrogen (secondary N) is 1. The molecule has 1 aromatic rings. The van der Waals surface area contributed by atoms with E-state index in [4.69, 9.17) is 11.1 Å². The highest BCUT2D eigenvalue weighted by Gasteiger charge is 2.36. The monoisotopic (exact) mass is 287 g/mol. The van der Waals surface area contributed by atoms with Crippen molar-refractivity contribution in [1.29, 1.82) is 5.41 Å². The van der Waals surface area contributed by atoms with E-state index in [0.29, 0.717) is 18.7 Å². The van der Waals surface area contributed by atoms with Crippen LogP contribution in [-0.2, 0) is 6.18 Å². The number of β-amino-alcohol motifs (C(OH)–C–C–N with tert-alkyl or cyclic N) is 1. The van der Waals surface area contributed by atoms with Gasteiger partial charge >= 0.3 is 6.18 Å². The van der Waals surface area contributed by atoms with Gasteiger partial charge in [-0.3, -0.25) is 5.41 Å². The van der Waals surface area contributed by atoms with Gasteiger partial charge in [-0.05, 0) is 31.5 Å². The quantitative estimate of drug-likeness (QED) is 0.575. The maximum absolute atomic E-state index is 13.0. The van der Waals surface area contributed by atoms with Crippen LogP contribution in [0.4, 0.5) is 18.9 Å². The van der Waals surface area contributed by atoms with E-state index in [1.54, 1.807) is 11.8 Å².